The van der Waals surface area contributed by atoms with Crippen LogP contribution in [0, 0.1) is 24.0 Å². The molecule has 8 heteroatoms. The molecule has 24 heavy (non-hydrogen) atoms. The van der Waals surface area contributed by atoms with Gasteiger partial charge in [0.05, 0.1) is 12.0 Å². The second-order valence-corrected chi connectivity index (χ2v) is 5.13. The molecule has 0 aliphatic carbocycles. The van der Waals surface area contributed by atoms with Crippen LogP contribution < -0.4 is 26.3 Å². The van der Waals surface area contributed by atoms with Crippen molar-refractivity contribution in [1.82, 2.24) is 0 Å². The molecule has 130 valence electrons. The Balaban J connectivity index is 0.00000264. The average molecular weight is 399 g/mol. The molecule has 2 rings (SSSR count). The van der Waals surface area contributed by atoms with Crippen LogP contribution in [0.3, 0.4) is 0 Å². The first-order valence-corrected chi connectivity index (χ1v) is 6.73. The molecule has 2 N–H and O–H groups in total. The number of aryl methyl sites for hydroxylation is 2. The van der Waals surface area contributed by atoms with Crippen molar-refractivity contribution in [3.8, 4) is 5.75 Å². The van der Waals surface area contributed by atoms with Gasteiger partial charge in [0.25, 0.3) is 0 Å². The molecule has 0 saturated heterocycles. The van der Waals surface area contributed by atoms with Crippen molar-refractivity contribution in [2.45, 2.75) is 20.4 Å². The van der Waals surface area contributed by atoms with Gasteiger partial charge in [0.1, 0.15) is 0 Å². The van der Waals surface area contributed by atoms with E-state index in [1.54, 1.807) is 4.57 Å². The number of carbonyl (C=O) groups is 1. The average Bonchev–Trinajstić information content (AvgIpc) is 2.45. The van der Waals surface area contributed by atoms with Crippen LogP contribution in [0.15, 0.2) is 36.7 Å². The van der Waals surface area contributed by atoms with E-state index in [1.807, 2.05) is 32.3 Å². The fourth-order valence-corrected chi connectivity index (χ4v) is 2.35. The summed E-state index contributed by atoms with van der Waals surface area (Å²) in [5.74, 6) is -0.0543. The van der Waals surface area contributed by atoms with Gasteiger partial charge in [-0.15, -0.1) is 0 Å². The number of nitrogens with zero attached hydrogens (tertiary/aromatic N) is 2. The number of benzene rings is 1. The third-order valence-electron chi connectivity index (χ3n) is 3.22. The molecule has 2 aromatic rings. The van der Waals surface area contributed by atoms with Gasteiger partial charge in [0, 0.05) is 22.8 Å². The molecule has 0 aliphatic heterocycles. The molecule has 0 fully saturated rings. The van der Waals surface area contributed by atoms with Gasteiger partial charge in [-0.25, -0.2) is 0 Å². The van der Waals surface area contributed by atoms with Gasteiger partial charge >= 0.3 is 5.69 Å². The quantitative estimate of drug-likeness (QED) is 0.266. The standard InChI is InChI=1S/C16H17N2O4.BrH.H2O/c1-11-6-12(2)9-17(8-11)10-15(19)13-4-5-16(22-3)14(7-13)18(20)21;;/h4-9H,10H2,1-3H3;1H;1H2/q+1;;/p-1. The van der Waals surface area contributed by atoms with Crippen LogP contribution in [-0.4, -0.2) is 23.3 Å². The Labute approximate surface area is 150 Å². The molecule has 1 aromatic carbocycles. The van der Waals surface area contributed by atoms with E-state index in [1.165, 1.54) is 25.3 Å². The van der Waals surface area contributed by atoms with Gasteiger partial charge < -0.3 is 27.2 Å². The molecular weight excluding hydrogens is 380 g/mol. The highest BCUT2D eigenvalue weighted by Gasteiger charge is 2.20. The number of carbonyl (C=O) groups excluding carboxylic acids is 1. The third kappa shape index (κ3) is 5.10. The van der Waals surface area contributed by atoms with Gasteiger partial charge in [-0.05, 0) is 32.0 Å². The molecular formula is C16H19BrN2O5. The summed E-state index contributed by atoms with van der Waals surface area (Å²) in [5, 5.41) is 11.0. The third-order valence-corrected chi connectivity index (χ3v) is 3.22. The van der Waals surface area contributed by atoms with Crippen molar-refractivity contribution in [2.75, 3.05) is 7.11 Å². The Hall–Kier alpha value is -2.32. The molecule has 0 aliphatic rings. The summed E-state index contributed by atoms with van der Waals surface area (Å²) in [4.78, 5) is 22.8. The maximum atomic E-state index is 12.3. The highest BCUT2D eigenvalue weighted by Crippen LogP contribution is 2.27. The number of rotatable bonds is 5. The summed E-state index contributed by atoms with van der Waals surface area (Å²) in [6.07, 6.45) is 3.73. The molecule has 1 heterocycles. The van der Waals surface area contributed by atoms with Crippen molar-refractivity contribution in [1.29, 1.82) is 0 Å². The van der Waals surface area contributed by atoms with E-state index >= 15 is 0 Å². The monoisotopic (exact) mass is 398 g/mol. The Morgan fingerprint density at radius 1 is 1.21 bits per heavy atom. The van der Waals surface area contributed by atoms with Crippen LogP contribution in [-0.2, 0) is 6.54 Å². The maximum Gasteiger partial charge on any atom is 0.311 e. The molecule has 1 aromatic heterocycles. The second-order valence-electron chi connectivity index (χ2n) is 5.13. The zero-order valence-electron chi connectivity index (χ0n) is 13.6. The first-order chi connectivity index (χ1) is 10.4. The van der Waals surface area contributed by atoms with Crippen LogP contribution in [0.1, 0.15) is 21.5 Å². The number of ether oxygens (including phenoxy) is 1. The van der Waals surface area contributed by atoms with Crippen LogP contribution in [0.2, 0.25) is 0 Å². The van der Waals surface area contributed by atoms with E-state index < -0.39 is 4.92 Å². The van der Waals surface area contributed by atoms with Crippen LogP contribution in [0.5, 0.6) is 5.75 Å². The van der Waals surface area contributed by atoms with Crippen molar-refractivity contribution in [3.63, 3.8) is 0 Å². The van der Waals surface area contributed by atoms with Crippen molar-refractivity contribution in [2.24, 2.45) is 0 Å². The number of nitro benzene ring substituents is 1. The van der Waals surface area contributed by atoms with Crippen molar-refractivity contribution in [3.05, 3.63) is 63.5 Å². The summed E-state index contributed by atoms with van der Waals surface area (Å²) < 4.78 is 6.71. The lowest BCUT2D eigenvalue weighted by Gasteiger charge is -2.04. The molecule has 7 nitrogen and oxygen atoms in total. The summed E-state index contributed by atoms with van der Waals surface area (Å²) in [5.41, 5.74) is 2.18. The number of hydrogen-bond acceptors (Lipinski definition) is 4. The van der Waals surface area contributed by atoms with Crippen LogP contribution in [0.25, 0.3) is 0 Å². The Bertz CT molecular complexity index is 729. The van der Waals surface area contributed by atoms with Gasteiger partial charge in [-0.3, -0.25) is 14.9 Å². The number of hydrogen-bond donors (Lipinski definition) is 0. The minimum absolute atomic E-state index is 0. The zero-order chi connectivity index (χ0) is 16.3. The summed E-state index contributed by atoms with van der Waals surface area (Å²) >= 11 is 0. The molecule has 0 bridgehead atoms. The number of methoxy groups -OCH3 is 1. The summed E-state index contributed by atoms with van der Waals surface area (Å²) in [6.45, 7) is 4.03. The van der Waals surface area contributed by atoms with E-state index in [9.17, 15) is 14.9 Å². The minimum atomic E-state index is -0.556. The Morgan fingerprint density at radius 2 is 1.79 bits per heavy atom. The minimum Gasteiger partial charge on any atom is -1.00 e. The Morgan fingerprint density at radius 3 is 2.29 bits per heavy atom. The lowest BCUT2D eigenvalue weighted by atomic mass is 10.1. The number of nitro groups is 1. The number of Topliss-reactive ketones (excluding diaryl/α,β-unsaturated/α-hetero) is 1. The van der Waals surface area contributed by atoms with Crippen LogP contribution >= 0.6 is 0 Å². The predicted octanol–water partition coefficient (Wildman–Crippen LogP) is -1.43. The number of halogens is 1. The fraction of sp³-hybridized carbons (Fsp3) is 0.250. The van der Waals surface area contributed by atoms with Gasteiger partial charge in [-0.2, -0.15) is 4.57 Å². The van der Waals surface area contributed by atoms with Gasteiger partial charge in [0.2, 0.25) is 12.3 Å². The van der Waals surface area contributed by atoms with E-state index in [2.05, 4.69) is 0 Å². The second kappa shape index (κ2) is 9.09. The van der Waals surface area contributed by atoms with E-state index in [0.29, 0.717) is 5.56 Å². The highest BCUT2D eigenvalue weighted by molar-refractivity contribution is 5.96. The molecule has 0 saturated carbocycles. The van der Waals surface area contributed by atoms with Gasteiger partial charge in [-0.1, -0.05) is 0 Å². The van der Waals surface area contributed by atoms with Crippen molar-refractivity contribution < 1.29 is 41.5 Å². The lowest BCUT2D eigenvalue weighted by Crippen LogP contribution is -3.00. The Kier molecular flexibility index (Phi) is 8.21. The van der Waals surface area contributed by atoms with Crippen LogP contribution in [0.4, 0.5) is 5.69 Å². The predicted molar refractivity (Wildman–Crippen MR) is 83.7 cm³/mol. The maximum absolute atomic E-state index is 12.3. The van der Waals surface area contributed by atoms with Gasteiger partial charge in [0.15, 0.2) is 18.1 Å². The summed E-state index contributed by atoms with van der Waals surface area (Å²) in [6, 6.07) is 6.25. The SMILES string of the molecule is COc1ccc(C(=O)C[n+]2cc(C)cc(C)c2)cc1[N+](=O)[O-].O.[Br-]. The molecule has 0 amide bonds. The largest absolute Gasteiger partial charge is 1.00 e. The molecule has 0 radical (unpaired) electrons. The molecule has 0 atom stereocenters. The molecule has 0 spiro atoms. The highest BCUT2D eigenvalue weighted by atomic mass is 79.9. The zero-order valence-corrected chi connectivity index (χ0v) is 15.2. The number of aromatic nitrogens is 1. The van der Waals surface area contributed by atoms with Crippen molar-refractivity contribution >= 4 is 11.5 Å². The fourth-order valence-electron chi connectivity index (χ4n) is 2.35. The first-order valence-electron chi connectivity index (χ1n) is 6.73. The molecule has 0 unspecified atom stereocenters. The number of ketones is 1. The summed E-state index contributed by atoms with van der Waals surface area (Å²) in [7, 11) is 1.36. The van der Waals surface area contributed by atoms with E-state index in [-0.39, 0.29) is 46.2 Å². The normalized spacial score (nSPS) is 9.46. The topological polar surface area (TPSA) is 105 Å². The number of pyridine rings is 1. The van der Waals surface area contributed by atoms with E-state index in [4.69, 9.17) is 4.74 Å². The smallest absolute Gasteiger partial charge is 0.311 e. The lowest BCUT2D eigenvalue weighted by molar-refractivity contribution is -0.683. The first kappa shape index (κ1) is 21.7. The van der Waals surface area contributed by atoms with E-state index in [0.717, 1.165) is 11.1 Å².